The van der Waals surface area contributed by atoms with Crippen molar-refractivity contribution in [2.24, 2.45) is 0 Å². The number of carbonyl (C=O) groups excluding carboxylic acids is 2. The van der Waals surface area contributed by atoms with Crippen molar-refractivity contribution in [1.82, 2.24) is 10.3 Å². The van der Waals surface area contributed by atoms with Crippen molar-refractivity contribution >= 4 is 28.8 Å². The van der Waals surface area contributed by atoms with Crippen molar-refractivity contribution < 1.29 is 14.3 Å². The van der Waals surface area contributed by atoms with Gasteiger partial charge in [0.05, 0.1) is 24.2 Å². The second-order valence-electron chi connectivity index (χ2n) is 6.01. The number of amides is 2. The van der Waals surface area contributed by atoms with Gasteiger partial charge in [-0.2, -0.15) is 0 Å². The predicted molar refractivity (Wildman–Crippen MR) is 97.2 cm³/mol. The fourth-order valence-electron chi connectivity index (χ4n) is 2.95. The zero-order valence-electron chi connectivity index (χ0n) is 14.3. The van der Waals surface area contributed by atoms with Gasteiger partial charge in [-0.15, -0.1) is 11.3 Å². The molecule has 0 unspecified atom stereocenters. The van der Waals surface area contributed by atoms with Gasteiger partial charge in [-0.25, -0.2) is 4.98 Å². The van der Waals surface area contributed by atoms with E-state index in [1.807, 2.05) is 18.5 Å². The largest absolute Gasteiger partial charge is 0.497 e. The third-order valence-corrected chi connectivity index (χ3v) is 5.33. The van der Waals surface area contributed by atoms with Crippen LogP contribution >= 0.6 is 11.3 Å². The van der Waals surface area contributed by atoms with Crippen LogP contribution in [0.2, 0.25) is 0 Å². The molecule has 0 spiro atoms. The standard InChI is InChI=1S/C18H21N3O3S/c1-11-16(25-10-20-11)4-3-7-19-18(23)14-9-17(22)21-15-6-5-12(24-2)8-13(14)15/h5-6,8,10,14H,3-4,7,9H2,1-2H3,(H,19,23)(H,21,22)/t14-/m1/s1. The highest BCUT2D eigenvalue weighted by molar-refractivity contribution is 7.09. The number of nitrogens with zero attached hydrogens (tertiary/aromatic N) is 1. The third kappa shape index (κ3) is 3.99. The lowest BCUT2D eigenvalue weighted by atomic mass is 9.89. The number of fused-ring (bicyclic) bond motifs is 1. The van der Waals surface area contributed by atoms with Gasteiger partial charge in [0.2, 0.25) is 11.8 Å². The maximum atomic E-state index is 12.6. The number of hydrogen-bond donors (Lipinski definition) is 2. The van der Waals surface area contributed by atoms with Gasteiger partial charge in [-0.3, -0.25) is 9.59 Å². The summed E-state index contributed by atoms with van der Waals surface area (Å²) in [7, 11) is 1.58. The summed E-state index contributed by atoms with van der Waals surface area (Å²) in [5.41, 5.74) is 4.38. The number of methoxy groups -OCH3 is 1. The molecule has 0 aliphatic carbocycles. The molecule has 1 aliphatic rings. The number of aryl methyl sites for hydroxylation is 2. The Labute approximate surface area is 150 Å². The van der Waals surface area contributed by atoms with E-state index in [1.165, 1.54) is 4.88 Å². The zero-order valence-corrected chi connectivity index (χ0v) is 15.1. The smallest absolute Gasteiger partial charge is 0.228 e. The molecule has 2 amide bonds. The Balaban J connectivity index is 1.62. The molecule has 0 saturated carbocycles. The van der Waals surface area contributed by atoms with Crippen molar-refractivity contribution in [2.45, 2.75) is 32.1 Å². The van der Waals surface area contributed by atoms with Crippen LogP contribution in [0.15, 0.2) is 23.7 Å². The van der Waals surface area contributed by atoms with E-state index < -0.39 is 5.92 Å². The maximum absolute atomic E-state index is 12.6. The van der Waals surface area contributed by atoms with Crippen molar-refractivity contribution in [3.05, 3.63) is 39.8 Å². The van der Waals surface area contributed by atoms with Gasteiger partial charge in [0.1, 0.15) is 5.75 Å². The lowest BCUT2D eigenvalue weighted by Gasteiger charge is -2.25. The summed E-state index contributed by atoms with van der Waals surface area (Å²) < 4.78 is 5.24. The fraction of sp³-hybridized carbons (Fsp3) is 0.389. The minimum atomic E-state index is -0.482. The van der Waals surface area contributed by atoms with Crippen LogP contribution in [0.1, 0.15) is 34.9 Å². The van der Waals surface area contributed by atoms with Crippen molar-refractivity contribution in [3.63, 3.8) is 0 Å². The highest BCUT2D eigenvalue weighted by atomic mass is 32.1. The first kappa shape index (κ1) is 17.4. The average molecular weight is 359 g/mol. The van der Waals surface area contributed by atoms with Crippen molar-refractivity contribution in [3.8, 4) is 5.75 Å². The Morgan fingerprint density at radius 3 is 3.04 bits per heavy atom. The molecule has 3 rings (SSSR count). The van der Waals surface area contributed by atoms with Gasteiger partial charge in [0, 0.05) is 23.5 Å². The number of benzene rings is 1. The minimum Gasteiger partial charge on any atom is -0.497 e. The molecule has 2 aromatic rings. The normalized spacial score (nSPS) is 16.1. The first-order valence-electron chi connectivity index (χ1n) is 8.23. The molecule has 1 aromatic heterocycles. The molecule has 1 aliphatic heterocycles. The molecule has 6 nitrogen and oxygen atoms in total. The Hall–Kier alpha value is -2.41. The van der Waals surface area contributed by atoms with E-state index in [1.54, 1.807) is 30.6 Å². The van der Waals surface area contributed by atoms with Crippen LogP contribution in [0.4, 0.5) is 5.69 Å². The lowest BCUT2D eigenvalue weighted by Crippen LogP contribution is -2.35. The second-order valence-corrected chi connectivity index (χ2v) is 6.95. The van der Waals surface area contributed by atoms with Gasteiger partial charge in [-0.1, -0.05) is 0 Å². The summed E-state index contributed by atoms with van der Waals surface area (Å²) >= 11 is 1.64. The van der Waals surface area contributed by atoms with E-state index in [9.17, 15) is 9.59 Å². The molecular formula is C18H21N3O3S. The summed E-state index contributed by atoms with van der Waals surface area (Å²) in [5.74, 6) is -0.0687. The van der Waals surface area contributed by atoms with Gasteiger partial charge >= 0.3 is 0 Å². The van der Waals surface area contributed by atoms with E-state index in [0.717, 1.165) is 24.1 Å². The Morgan fingerprint density at radius 2 is 2.32 bits per heavy atom. The monoisotopic (exact) mass is 359 g/mol. The van der Waals surface area contributed by atoms with Crippen LogP contribution in [-0.4, -0.2) is 30.5 Å². The molecule has 2 N–H and O–H groups in total. The number of nitrogens with one attached hydrogen (secondary N) is 2. The maximum Gasteiger partial charge on any atom is 0.228 e. The molecule has 0 radical (unpaired) electrons. The number of ether oxygens (including phenoxy) is 1. The molecule has 0 saturated heterocycles. The average Bonchev–Trinajstić information content (AvgIpc) is 3.02. The summed E-state index contributed by atoms with van der Waals surface area (Å²) in [5, 5.41) is 5.77. The Morgan fingerprint density at radius 1 is 1.48 bits per heavy atom. The molecule has 1 atom stereocenters. The van der Waals surface area contributed by atoms with Crippen molar-refractivity contribution in [1.29, 1.82) is 0 Å². The number of anilines is 1. The molecule has 25 heavy (non-hydrogen) atoms. The Kier molecular flexibility index (Phi) is 5.33. The van der Waals surface area contributed by atoms with Crippen LogP contribution in [-0.2, 0) is 16.0 Å². The second kappa shape index (κ2) is 7.65. The highest BCUT2D eigenvalue weighted by Gasteiger charge is 2.30. The van der Waals surface area contributed by atoms with Crippen LogP contribution in [0.25, 0.3) is 0 Å². The number of hydrogen-bond acceptors (Lipinski definition) is 5. The van der Waals surface area contributed by atoms with Crippen LogP contribution < -0.4 is 15.4 Å². The molecule has 0 bridgehead atoms. The van der Waals surface area contributed by atoms with Crippen LogP contribution in [0.3, 0.4) is 0 Å². The van der Waals surface area contributed by atoms with Gasteiger partial charge < -0.3 is 15.4 Å². The van der Waals surface area contributed by atoms with Crippen LogP contribution in [0.5, 0.6) is 5.75 Å². The number of rotatable bonds is 6. The number of thiazole rings is 1. The van der Waals surface area contributed by atoms with Crippen LogP contribution in [0, 0.1) is 6.92 Å². The summed E-state index contributed by atoms with van der Waals surface area (Å²) in [6, 6.07) is 5.37. The molecule has 2 heterocycles. The molecule has 0 fully saturated rings. The summed E-state index contributed by atoms with van der Waals surface area (Å²) in [4.78, 5) is 30.0. The minimum absolute atomic E-state index is 0.120. The van der Waals surface area contributed by atoms with Gasteiger partial charge in [-0.05, 0) is 43.5 Å². The van der Waals surface area contributed by atoms with Gasteiger partial charge in [0.15, 0.2) is 0 Å². The lowest BCUT2D eigenvalue weighted by molar-refractivity contribution is -0.126. The van der Waals surface area contributed by atoms with E-state index in [2.05, 4.69) is 15.6 Å². The van der Waals surface area contributed by atoms with E-state index in [4.69, 9.17) is 4.74 Å². The molecule has 132 valence electrons. The number of carbonyl (C=O) groups is 2. The van der Waals surface area contributed by atoms with E-state index >= 15 is 0 Å². The first-order chi connectivity index (χ1) is 12.1. The summed E-state index contributed by atoms with van der Waals surface area (Å²) in [6.45, 7) is 2.57. The quantitative estimate of drug-likeness (QED) is 0.777. The third-order valence-electron chi connectivity index (χ3n) is 4.34. The molecular weight excluding hydrogens is 338 g/mol. The topological polar surface area (TPSA) is 80.3 Å². The fourth-order valence-corrected chi connectivity index (χ4v) is 3.77. The summed E-state index contributed by atoms with van der Waals surface area (Å²) in [6.07, 6.45) is 1.89. The van der Waals surface area contributed by atoms with E-state index in [0.29, 0.717) is 18.0 Å². The molecule has 7 heteroatoms. The van der Waals surface area contributed by atoms with Gasteiger partial charge in [0.25, 0.3) is 0 Å². The zero-order chi connectivity index (χ0) is 17.8. The molecule has 1 aromatic carbocycles. The first-order valence-corrected chi connectivity index (χ1v) is 9.11. The SMILES string of the molecule is COc1ccc2c(c1)[C@H](C(=O)NCCCc1scnc1C)CC(=O)N2. The van der Waals surface area contributed by atoms with E-state index in [-0.39, 0.29) is 18.2 Å². The van der Waals surface area contributed by atoms with Crippen molar-refractivity contribution in [2.75, 3.05) is 19.0 Å². The number of aromatic nitrogens is 1. The highest BCUT2D eigenvalue weighted by Crippen LogP contribution is 2.35. The predicted octanol–water partition coefficient (Wildman–Crippen LogP) is 2.63. The Bertz CT molecular complexity index is 788.